The molecule has 1 aromatic rings. The molecule has 1 heterocycles. The molecule has 10 nitrogen and oxygen atoms in total. The van der Waals surface area contributed by atoms with Crippen molar-refractivity contribution in [1.82, 2.24) is 14.9 Å². The first kappa shape index (κ1) is 32.0. The zero-order chi connectivity index (χ0) is 31.6. The molecule has 5 unspecified atom stereocenters. The van der Waals surface area contributed by atoms with E-state index in [2.05, 4.69) is 23.2 Å². The third kappa shape index (κ3) is 6.49. The number of hydrogen-bond acceptors (Lipinski definition) is 7. The Kier molecular flexibility index (Phi) is 9.36. The summed E-state index contributed by atoms with van der Waals surface area (Å²) in [7, 11) is -3.83. The largest absolute Gasteiger partial charge is 0.489 e. The van der Waals surface area contributed by atoms with Crippen LogP contribution in [0.3, 0.4) is 0 Å². The first-order chi connectivity index (χ1) is 21.0. The summed E-state index contributed by atoms with van der Waals surface area (Å²) >= 11 is 0. The molecule has 11 heteroatoms. The molecule has 3 aliphatic carbocycles. The summed E-state index contributed by atoms with van der Waals surface area (Å²) in [5.74, 6) is -1.66. The van der Waals surface area contributed by atoms with Crippen LogP contribution in [0.2, 0.25) is 0 Å². The third-order valence-corrected chi connectivity index (χ3v) is 11.5. The molecule has 0 bridgehead atoms. The van der Waals surface area contributed by atoms with Crippen molar-refractivity contribution in [3.8, 4) is 0 Å². The lowest BCUT2D eigenvalue weighted by atomic mass is 9.66. The molecule has 1 aliphatic heterocycles. The van der Waals surface area contributed by atoms with Crippen LogP contribution in [0.1, 0.15) is 64.7 Å². The molecule has 238 valence electrons. The van der Waals surface area contributed by atoms with Crippen LogP contribution >= 0.6 is 0 Å². The number of sulfonamides is 1. The van der Waals surface area contributed by atoms with E-state index in [-0.39, 0.29) is 31.2 Å². The van der Waals surface area contributed by atoms with E-state index in [1.54, 1.807) is 6.08 Å². The molecule has 5 rings (SSSR count). The molecule has 0 radical (unpaired) electrons. The summed E-state index contributed by atoms with van der Waals surface area (Å²) in [4.78, 5) is 42.7. The normalized spacial score (nSPS) is 28.7. The van der Waals surface area contributed by atoms with E-state index in [0.717, 1.165) is 36.1 Å². The van der Waals surface area contributed by atoms with E-state index in [1.165, 1.54) is 4.90 Å². The Morgan fingerprint density at radius 2 is 1.80 bits per heavy atom. The third-order valence-electron chi connectivity index (χ3n) is 9.70. The number of nitrogens with zero attached hydrogens (tertiary/aromatic N) is 1. The van der Waals surface area contributed by atoms with Gasteiger partial charge in [0.2, 0.25) is 21.8 Å². The van der Waals surface area contributed by atoms with Crippen LogP contribution < -0.4 is 26.2 Å². The molecule has 4 fully saturated rings. The average molecular weight is 625 g/mol. The summed E-state index contributed by atoms with van der Waals surface area (Å²) in [5, 5.41) is 4.22. The highest BCUT2D eigenvalue weighted by molar-refractivity contribution is 7.91. The second-order valence-electron chi connectivity index (χ2n) is 12.6. The Hall–Kier alpha value is -3.44. The topological polar surface area (TPSA) is 148 Å². The second kappa shape index (κ2) is 12.9. The quantitative estimate of drug-likeness (QED) is 0.249. The molecular weight excluding hydrogens is 580 g/mol. The first-order valence-corrected chi connectivity index (χ1v) is 17.2. The predicted molar refractivity (Wildman–Crippen MR) is 168 cm³/mol. The van der Waals surface area contributed by atoms with Gasteiger partial charge in [0.05, 0.1) is 17.8 Å². The Balaban J connectivity index is 1.37. The Morgan fingerprint density at radius 1 is 1.11 bits per heavy atom. The van der Waals surface area contributed by atoms with Crippen molar-refractivity contribution in [3.63, 3.8) is 0 Å². The summed E-state index contributed by atoms with van der Waals surface area (Å²) < 4.78 is 33.6. The fourth-order valence-electron chi connectivity index (χ4n) is 6.81. The van der Waals surface area contributed by atoms with E-state index in [4.69, 9.17) is 10.5 Å². The van der Waals surface area contributed by atoms with Crippen molar-refractivity contribution in [2.24, 2.45) is 17.6 Å². The number of allylic oxidation sites excluding steroid dienone is 1. The predicted octanol–water partition coefficient (Wildman–Crippen LogP) is 1.34. The smallest absolute Gasteiger partial charge is 0.259 e. The van der Waals surface area contributed by atoms with Gasteiger partial charge in [-0.3, -0.25) is 19.1 Å². The number of rotatable bonds is 11. The van der Waals surface area contributed by atoms with Crippen molar-refractivity contribution >= 4 is 39.9 Å². The number of likely N-dealkylation sites (tertiary alicyclic amines) is 1. The van der Waals surface area contributed by atoms with Crippen molar-refractivity contribution in [2.75, 3.05) is 6.54 Å². The van der Waals surface area contributed by atoms with E-state index >= 15 is 0 Å². The highest BCUT2D eigenvalue weighted by atomic mass is 32.2. The highest BCUT2D eigenvalue weighted by Crippen LogP contribution is 2.41. The number of carbonyl (C=O) groups excluding carboxylic acids is 3. The van der Waals surface area contributed by atoms with Crippen LogP contribution in [-0.2, 0) is 29.1 Å². The number of ether oxygens (including phenoxy) is 1. The van der Waals surface area contributed by atoms with Crippen LogP contribution in [0.15, 0.2) is 49.3 Å². The Morgan fingerprint density at radius 3 is 2.39 bits per heavy atom. The van der Waals surface area contributed by atoms with Gasteiger partial charge in [0, 0.05) is 12.3 Å². The SMILES string of the molecule is C=CC1CCC1(NC(=O)C1CC(OC(=C)C=c2ccccc2=CC)CN1C(=O)C(N)C1CCCC1)C(=O)NS(=O)(=O)C1CC1. The van der Waals surface area contributed by atoms with Gasteiger partial charge in [-0.05, 0) is 67.9 Å². The van der Waals surface area contributed by atoms with Crippen LogP contribution in [0.5, 0.6) is 0 Å². The Labute approximate surface area is 259 Å². The molecule has 44 heavy (non-hydrogen) atoms. The van der Waals surface area contributed by atoms with Gasteiger partial charge in [0.25, 0.3) is 5.91 Å². The molecule has 1 saturated heterocycles. The maximum absolute atomic E-state index is 14.0. The number of nitrogens with two attached hydrogens (primary N) is 1. The molecule has 4 aliphatic rings. The number of amides is 3. The van der Waals surface area contributed by atoms with Crippen molar-refractivity contribution < 1.29 is 27.5 Å². The summed E-state index contributed by atoms with van der Waals surface area (Å²) in [6.07, 6.45) is 10.6. The maximum atomic E-state index is 14.0. The zero-order valence-electron chi connectivity index (χ0n) is 25.4. The fourth-order valence-corrected chi connectivity index (χ4v) is 8.17. The number of benzene rings is 1. The summed E-state index contributed by atoms with van der Waals surface area (Å²) in [5.41, 5.74) is 5.00. The summed E-state index contributed by atoms with van der Waals surface area (Å²) in [6.45, 7) is 9.95. The minimum atomic E-state index is -3.83. The van der Waals surface area contributed by atoms with Gasteiger partial charge in [-0.2, -0.15) is 0 Å². The first-order valence-electron chi connectivity index (χ1n) is 15.6. The highest BCUT2D eigenvalue weighted by Gasteiger charge is 2.56. The van der Waals surface area contributed by atoms with Gasteiger partial charge in [0.1, 0.15) is 23.4 Å². The molecule has 3 saturated carbocycles. The minimum absolute atomic E-state index is 0.0396. The number of hydrogen-bond donors (Lipinski definition) is 3. The van der Waals surface area contributed by atoms with Crippen LogP contribution in [-0.4, -0.2) is 66.6 Å². The van der Waals surface area contributed by atoms with Gasteiger partial charge in [-0.15, -0.1) is 6.58 Å². The van der Waals surface area contributed by atoms with Crippen molar-refractivity contribution in [3.05, 3.63) is 59.7 Å². The molecule has 5 atom stereocenters. The number of carbonyl (C=O) groups is 3. The molecule has 4 N–H and O–H groups in total. The van der Waals surface area contributed by atoms with Crippen molar-refractivity contribution in [1.29, 1.82) is 0 Å². The molecule has 3 amide bonds. The van der Waals surface area contributed by atoms with Gasteiger partial charge in [-0.1, -0.05) is 55.8 Å². The summed E-state index contributed by atoms with van der Waals surface area (Å²) in [6, 6.07) is 6.10. The molecular formula is C33H44N4O6S. The monoisotopic (exact) mass is 624 g/mol. The fraction of sp³-hybridized carbons (Fsp3) is 0.545. The van der Waals surface area contributed by atoms with Gasteiger partial charge >= 0.3 is 0 Å². The lowest BCUT2D eigenvalue weighted by Crippen LogP contribution is -2.70. The van der Waals surface area contributed by atoms with Crippen molar-refractivity contribution in [2.45, 2.75) is 93.7 Å². The standard InChI is InChI=1S/C33H44N4O6S/c1-4-22-10-6-9-13-24(22)18-21(3)43-26-19-28(37(20-26)31(39)29(34)23-11-7-8-12-23)30(38)35-33(17-16-25(33)5-2)32(40)36-44(41,42)27-14-15-27/h4-6,9-10,13,18,23,25-29H,2-3,7-8,11-12,14-17,19-20,34H2,1H3,(H,35,38)(H,36,40). The van der Waals surface area contributed by atoms with E-state index in [1.807, 2.05) is 43.3 Å². The average Bonchev–Trinajstić information content (AvgIpc) is 3.56. The van der Waals surface area contributed by atoms with E-state index in [9.17, 15) is 22.8 Å². The van der Waals surface area contributed by atoms with E-state index in [0.29, 0.717) is 25.0 Å². The van der Waals surface area contributed by atoms with Crippen LogP contribution in [0, 0.1) is 11.8 Å². The van der Waals surface area contributed by atoms with E-state index < -0.39 is 56.7 Å². The lowest BCUT2D eigenvalue weighted by Gasteiger charge is -2.47. The van der Waals surface area contributed by atoms with Crippen LogP contribution in [0.4, 0.5) is 0 Å². The minimum Gasteiger partial charge on any atom is -0.489 e. The Bertz CT molecular complexity index is 1550. The molecule has 0 aromatic heterocycles. The number of nitrogens with one attached hydrogen (secondary N) is 2. The molecule has 1 aromatic carbocycles. The van der Waals surface area contributed by atoms with Crippen LogP contribution in [0.25, 0.3) is 12.2 Å². The lowest BCUT2D eigenvalue weighted by molar-refractivity contribution is -0.144. The maximum Gasteiger partial charge on any atom is 0.259 e. The second-order valence-corrected chi connectivity index (χ2v) is 14.6. The molecule has 0 spiro atoms. The van der Waals surface area contributed by atoms with Gasteiger partial charge in [-0.25, -0.2) is 8.42 Å². The van der Waals surface area contributed by atoms with Gasteiger partial charge in [0.15, 0.2) is 0 Å². The van der Waals surface area contributed by atoms with Gasteiger partial charge < -0.3 is 20.7 Å². The zero-order valence-corrected chi connectivity index (χ0v) is 26.2.